The van der Waals surface area contributed by atoms with Gasteiger partial charge in [-0.05, 0) is 38.1 Å². The van der Waals surface area contributed by atoms with Gasteiger partial charge in [0.25, 0.3) is 0 Å². The van der Waals surface area contributed by atoms with Gasteiger partial charge in [0.1, 0.15) is 29.5 Å². The first kappa shape index (κ1) is 20.2. The second kappa shape index (κ2) is 8.98. The van der Waals surface area contributed by atoms with E-state index in [1.807, 2.05) is 0 Å². The third-order valence-corrected chi connectivity index (χ3v) is 4.04. The van der Waals surface area contributed by atoms with Gasteiger partial charge in [-0.3, -0.25) is 4.79 Å². The topological polar surface area (TPSA) is 112 Å². The number of esters is 1. The van der Waals surface area contributed by atoms with Crippen molar-refractivity contribution in [3.8, 4) is 11.5 Å². The van der Waals surface area contributed by atoms with Crippen LogP contribution in [0.2, 0.25) is 0 Å². The fourth-order valence-corrected chi connectivity index (χ4v) is 2.50. The molecular formula is C18H24O8. The maximum absolute atomic E-state index is 11.9. The molecule has 0 unspecified atom stereocenters. The average Bonchev–Trinajstić information content (AvgIpc) is 2.62. The van der Waals surface area contributed by atoms with E-state index in [1.165, 1.54) is 14.0 Å². The number of ether oxygens (including phenoxy) is 4. The number of hydrogen-bond donors (Lipinski definition) is 2. The number of carbonyl (C=O) groups is 2. The van der Waals surface area contributed by atoms with Crippen LogP contribution in [0.15, 0.2) is 24.3 Å². The Bertz CT molecular complexity index is 614. The minimum absolute atomic E-state index is 0.0332. The molecule has 2 rings (SSSR count). The second-order valence-corrected chi connectivity index (χ2v) is 6.14. The Balaban J connectivity index is 2.10. The highest BCUT2D eigenvalue weighted by Gasteiger charge is 2.46. The molecule has 8 nitrogen and oxygen atoms in total. The summed E-state index contributed by atoms with van der Waals surface area (Å²) in [4.78, 5) is 22.9. The fraction of sp³-hybridized carbons (Fsp3) is 0.556. The molecule has 26 heavy (non-hydrogen) atoms. The van der Waals surface area contributed by atoms with E-state index in [4.69, 9.17) is 18.9 Å². The normalized spacial score (nSPS) is 28.3. The molecule has 1 aliphatic heterocycles. The fourth-order valence-electron chi connectivity index (χ4n) is 2.50. The number of methoxy groups -OCH3 is 1. The number of hydrogen-bond acceptors (Lipinski definition) is 8. The molecular weight excluding hydrogens is 344 g/mol. The van der Waals surface area contributed by atoms with Crippen LogP contribution in [0.4, 0.5) is 0 Å². The van der Waals surface area contributed by atoms with E-state index < -0.39 is 36.7 Å². The van der Waals surface area contributed by atoms with Gasteiger partial charge in [0.05, 0.1) is 19.6 Å². The Morgan fingerprint density at radius 2 is 1.69 bits per heavy atom. The summed E-state index contributed by atoms with van der Waals surface area (Å²) in [5.41, 5.74) is 0. The van der Waals surface area contributed by atoms with Crippen LogP contribution in [0.25, 0.3) is 0 Å². The molecule has 0 aliphatic carbocycles. The maximum Gasteiger partial charge on any atom is 0.306 e. The van der Waals surface area contributed by atoms with Crippen molar-refractivity contribution in [1.29, 1.82) is 0 Å². The van der Waals surface area contributed by atoms with E-state index in [2.05, 4.69) is 0 Å². The summed E-state index contributed by atoms with van der Waals surface area (Å²) in [5, 5.41) is 20.3. The summed E-state index contributed by atoms with van der Waals surface area (Å²) in [5.74, 6) is 0.217. The lowest BCUT2D eigenvalue weighted by molar-refractivity contribution is -0.274. The smallest absolute Gasteiger partial charge is 0.306 e. The highest BCUT2D eigenvalue weighted by atomic mass is 16.7. The van der Waals surface area contributed by atoms with E-state index in [-0.39, 0.29) is 18.6 Å². The molecule has 0 saturated carbocycles. The third-order valence-electron chi connectivity index (χ3n) is 4.04. The third kappa shape index (κ3) is 5.17. The van der Waals surface area contributed by atoms with Gasteiger partial charge in [-0.25, -0.2) is 0 Å². The molecule has 1 heterocycles. The molecule has 1 aromatic rings. The minimum atomic E-state index is -1.39. The van der Waals surface area contributed by atoms with Gasteiger partial charge in [0.2, 0.25) is 6.29 Å². The molecule has 5 atom stereocenters. The Kier molecular flexibility index (Phi) is 6.96. The van der Waals surface area contributed by atoms with Crippen LogP contribution < -0.4 is 9.47 Å². The van der Waals surface area contributed by atoms with Crippen LogP contribution in [0.1, 0.15) is 26.7 Å². The largest absolute Gasteiger partial charge is 0.497 e. The van der Waals surface area contributed by atoms with Crippen molar-refractivity contribution in [2.24, 2.45) is 0 Å². The van der Waals surface area contributed by atoms with Crippen molar-refractivity contribution < 1.29 is 38.7 Å². The number of aliphatic hydroxyl groups is 2. The Morgan fingerprint density at radius 1 is 1.08 bits per heavy atom. The SMILES string of the molecule is COc1ccc(O[C@H]2O[C@H](C)[C@@H](O)[C@H](O)[C@@H]2OC(=O)CCC(C)=O)cc1. The zero-order valence-corrected chi connectivity index (χ0v) is 15.0. The van der Waals surface area contributed by atoms with Crippen LogP contribution >= 0.6 is 0 Å². The molecule has 1 fully saturated rings. The van der Waals surface area contributed by atoms with E-state index in [9.17, 15) is 19.8 Å². The molecule has 144 valence electrons. The summed E-state index contributed by atoms with van der Waals surface area (Å²) < 4.78 is 21.5. The zero-order chi connectivity index (χ0) is 19.3. The second-order valence-electron chi connectivity index (χ2n) is 6.14. The van der Waals surface area contributed by atoms with Gasteiger partial charge in [0, 0.05) is 6.42 Å². The van der Waals surface area contributed by atoms with Crippen LogP contribution in [0.5, 0.6) is 11.5 Å². The molecule has 0 bridgehead atoms. The summed E-state index contributed by atoms with van der Waals surface area (Å²) in [6, 6.07) is 6.64. The van der Waals surface area contributed by atoms with E-state index in [0.717, 1.165) is 0 Å². The van der Waals surface area contributed by atoms with E-state index >= 15 is 0 Å². The molecule has 1 aromatic carbocycles. The van der Waals surface area contributed by atoms with Crippen molar-refractivity contribution >= 4 is 11.8 Å². The maximum atomic E-state index is 11.9. The number of carbonyl (C=O) groups excluding carboxylic acids is 2. The van der Waals surface area contributed by atoms with Gasteiger partial charge >= 0.3 is 5.97 Å². The Morgan fingerprint density at radius 3 is 2.27 bits per heavy atom. The zero-order valence-electron chi connectivity index (χ0n) is 15.0. The predicted octanol–water partition coefficient (Wildman–Crippen LogP) is 0.822. The number of benzene rings is 1. The van der Waals surface area contributed by atoms with E-state index in [1.54, 1.807) is 31.2 Å². The molecule has 0 amide bonds. The average molecular weight is 368 g/mol. The lowest BCUT2D eigenvalue weighted by Gasteiger charge is -2.40. The van der Waals surface area contributed by atoms with Crippen molar-refractivity contribution in [2.75, 3.05) is 7.11 Å². The summed E-state index contributed by atoms with van der Waals surface area (Å²) in [6.07, 6.45) is -5.79. The summed E-state index contributed by atoms with van der Waals surface area (Å²) >= 11 is 0. The summed E-state index contributed by atoms with van der Waals surface area (Å²) in [6.45, 7) is 2.94. The molecule has 8 heteroatoms. The highest BCUT2D eigenvalue weighted by Crippen LogP contribution is 2.27. The van der Waals surface area contributed by atoms with Crippen molar-refractivity contribution in [3.63, 3.8) is 0 Å². The van der Waals surface area contributed by atoms with Crippen molar-refractivity contribution in [2.45, 2.75) is 57.4 Å². The quantitative estimate of drug-likeness (QED) is 0.681. The molecule has 0 spiro atoms. The molecule has 1 aliphatic rings. The highest BCUT2D eigenvalue weighted by molar-refractivity contribution is 5.81. The van der Waals surface area contributed by atoms with Crippen molar-refractivity contribution in [1.82, 2.24) is 0 Å². The number of ketones is 1. The monoisotopic (exact) mass is 368 g/mol. The molecule has 2 N–H and O–H groups in total. The Hall–Kier alpha value is -2.16. The lowest BCUT2D eigenvalue weighted by atomic mass is 9.99. The first-order chi connectivity index (χ1) is 12.3. The van der Waals surface area contributed by atoms with Gasteiger partial charge in [0.15, 0.2) is 6.10 Å². The van der Waals surface area contributed by atoms with Crippen LogP contribution in [-0.4, -0.2) is 59.8 Å². The minimum Gasteiger partial charge on any atom is -0.497 e. The first-order valence-corrected chi connectivity index (χ1v) is 8.33. The first-order valence-electron chi connectivity index (χ1n) is 8.33. The van der Waals surface area contributed by atoms with E-state index in [0.29, 0.717) is 11.5 Å². The molecule has 0 radical (unpaired) electrons. The van der Waals surface area contributed by atoms with Gasteiger partial charge < -0.3 is 34.0 Å². The molecule has 0 aromatic heterocycles. The lowest BCUT2D eigenvalue weighted by Crippen LogP contribution is -2.59. The summed E-state index contributed by atoms with van der Waals surface area (Å²) in [7, 11) is 1.54. The van der Waals surface area contributed by atoms with Crippen LogP contribution in [0, 0.1) is 0 Å². The molecule has 1 saturated heterocycles. The predicted molar refractivity (Wildman–Crippen MR) is 89.8 cm³/mol. The standard InChI is InChI=1S/C18H24O8/c1-10(19)4-9-14(20)26-17-16(22)15(21)11(2)24-18(17)25-13-7-5-12(23-3)6-8-13/h5-8,11,15-18,21-22H,4,9H2,1-3H3/t11-,15-,16+,17+,18-/m1/s1. The van der Waals surface area contributed by atoms with Gasteiger partial charge in [-0.15, -0.1) is 0 Å². The van der Waals surface area contributed by atoms with Crippen LogP contribution in [-0.2, 0) is 19.1 Å². The Labute approximate surface area is 151 Å². The van der Waals surface area contributed by atoms with Crippen LogP contribution in [0.3, 0.4) is 0 Å². The van der Waals surface area contributed by atoms with Crippen molar-refractivity contribution in [3.05, 3.63) is 24.3 Å². The number of Topliss-reactive ketones (excluding diaryl/α,β-unsaturated/α-hetero) is 1. The van der Waals surface area contributed by atoms with Gasteiger partial charge in [-0.2, -0.15) is 0 Å². The number of aliphatic hydroxyl groups excluding tert-OH is 2. The number of rotatable bonds is 7. The van der Waals surface area contributed by atoms with Gasteiger partial charge in [-0.1, -0.05) is 0 Å².